The van der Waals surface area contributed by atoms with Crippen molar-refractivity contribution in [3.63, 3.8) is 0 Å². The highest BCUT2D eigenvalue weighted by Gasteiger charge is 2.05. The Balaban J connectivity index is 2.17. The normalized spacial score (nSPS) is 10.7. The number of pyridine rings is 1. The lowest BCUT2D eigenvalue weighted by Gasteiger charge is -2.12. The number of nitrogens with two attached hydrogens (primary N) is 1. The van der Waals surface area contributed by atoms with Crippen LogP contribution in [0.3, 0.4) is 0 Å². The molecule has 0 aliphatic heterocycles. The van der Waals surface area contributed by atoms with Crippen LogP contribution in [0.2, 0.25) is 0 Å². The summed E-state index contributed by atoms with van der Waals surface area (Å²) in [7, 11) is 0. The van der Waals surface area contributed by atoms with Gasteiger partial charge in [0.15, 0.2) is 0 Å². The van der Waals surface area contributed by atoms with Gasteiger partial charge in [0.2, 0.25) is 5.88 Å². The molecule has 1 aromatic heterocycles. The quantitative estimate of drug-likeness (QED) is 0.829. The lowest BCUT2D eigenvalue weighted by molar-refractivity contribution is 0.307. The Morgan fingerprint density at radius 3 is 2.76 bits per heavy atom. The molecule has 1 heterocycles. The first-order valence-corrected chi connectivity index (χ1v) is 7.36. The zero-order chi connectivity index (χ0) is 15.2. The molecular weight excluding hydrogens is 262 g/mol. The van der Waals surface area contributed by atoms with Crippen LogP contribution in [-0.2, 0) is 0 Å². The number of nitrogens with zero attached hydrogens (tertiary/aromatic N) is 1. The van der Waals surface area contributed by atoms with E-state index in [9.17, 15) is 0 Å². The molecule has 1 aromatic carbocycles. The first kappa shape index (κ1) is 15.2. The van der Waals surface area contributed by atoms with Gasteiger partial charge in [-0.25, -0.2) is 0 Å². The fourth-order valence-electron chi connectivity index (χ4n) is 1.96. The topological polar surface area (TPSA) is 60.2 Å². The molecule has 2 rings (SSSR count). The Bertz CT molecular complexity index is 596. The first-order chi connectivity index (χ1) is 10.1. The Kier molecular flexibility index (Phi) is 5.04. The molecule has 4 nitrogen and oxygen atoms in total. The molecule has 112 valence electrons. The zero-order valence-corrected chi connectivity index (χ0v) is 12.9. The van der Waals surface area contributed by atoms with Crippen molar-refractivity contribution in [3.8, 4) is 5.88 Å². The van der Waals surface area contributed by atoms with Gasteiger partial charge >= 0.3 is 0 Å². The summed E-state index contributed by atoms with van der Waals surface area (Å²) in [6.45, 7) is 7.02. The lowest BCUT2D eigenvalue weighted by Crippen LogP contribution is -2.03. The summed E-state index contributed by atoms with van der Waals surface area (Å²) in [4.78, 5) is 4.42. The summed E-state index contributed by atoms with van der Waals surface area (Å²) in [5.74, 6) is 1.72. The first-order valence-electron chi connectivity index (χ1n) is 7.36. The second kappa shape index (κ2) is 6.97. The molecule has 2 aromatic rings. The number of hydrogen-bond acceptors (Lipinski definition) is 4. The molecule has 21 heavy (non-hydrogen) atoms. The summed E-state index contributed by atoms with van der Waals surface area (Å²) in [5, 5.41) is 3.30. The standard InChI is InChI=1S/C17H23N3O/c1-4-10-21-17-15(18)8-9-16(20-17)19-14-7-5-6-13(11-14)12(2)3/h5-9,11-12H,4,10,18H2,1-3H3,(H,19,20). The largest absolute Gasteiger partial charge is 0.476 e. The summed E-state index contributed by atoms with van der Waals surface area (Å²) in [6, 6.07) is 12.0. The van der Waals surface area contributed by atoms with Crippen molar-refractivity contribution < 1.29 is 4.74 Å². The maximum atomic E-state index is 5.87. The third-order valence-electron chi connectivity index (χ3n) is 3.16. The third-order valence-corrected chi connectivity index (χ3v) is 3.16. The van der Waals surface area contributed by atoms with Gasteiger partial charge in [0, 0.05) is 5.69 Å². The molecular formula is C17H23N3O. The highest BCUT2D eigenvalue weighted by atomic mass is 16.5. The number of aromatic nitrogens is 1. The van der Waals surface area contributed by atoms with Crippen LogP contribution in [0.15, 0.2) is 36.4 Å². The van der Waals surface area contributed by atoms with Gasteiger partial charge in [0.05, 0.1) is 12.3 Å². The van der Waals surface area contributed by atoms with Gasteiger partial charge in [-0.05, 0) is 42.2 Å². The Morgan fingerprint density at radius 2 is 2.05 bits per heavy atom. The fraction of sp³-hybridized carbons (Fsp3) is 0.353. The summed E-state index contributed by atoms with van der Waals surface area (Å²) < 4.78 is 5.55. The van der Waals surface area contributed by atoms with Crippen LogP contribution >= 0.6 is 0 Å². The molecule has 3 N–H and O–H groups in total. The van der Waals surface area contributed by atoms with Gasteiger partial charge in [0.25, 0.3) is 0 Å². The molecule has 0 saturated carbocycles. The number of ether oxygens (including phenoxy) is 1. The SMILES string of the molecule is CCCOc1nc(Nc2cccc(C(C)C)c2)ccc1N. The number of nitrogen functional groups attached to an aromatic ring is 1. The molecule has 0 atom stereocenters. The summed E-state index contributed by atoms with van der Waals surface area (Å²) >= 11 is 0. The number of anilines is 3. The van der Waals surface area contributed by atoms with E-state index in [1.165, 1.54) is 5.56 Å². The zero-order valence-electron chi connectivity index (χ0n) is 12.9. The Morgan fingerprint density at radius 1 is 1.24 bits per heavy atom. The highest BCUT2D eigenvalue weighted by molar-refractivity contribution is 5.61. The van der Waals surface area contributed by atoms with Gasteiger partial charge in [0.1, 0.15) is 5.82 Å². The summed E-state index contributed by atoms with van der Waals surface area (Å²) in [5.41, 5.74) is 8.74. The van der Waals surface area contributed by atoms with Crippen molar-refractivity contribution in [2.45, 2.75) is 33.1 Å². The van der Waals surface area contributed by atoms with Crippen LogP contribution in [0.25, 0.3) is 0 Å². The Labute approximate surface area is 126 Å². The minimum Gasteiger partial charge on any atom is -0.476 e. The van der Waals surface area contributed by atoms with E-state index in [2.05, 4.69) is 43.2 Å². The molecule has 0 spiro atoms. The van der Waals surface area contributed by atoms with Gasteiger partial charge < -0.3 is 15.8 Å². The maximum Gasteiger partial charge on any atom is 0.239 e. The molecule has 0 amide bonds. The van der Waals surface area contributed by atoms with Crippen molar-refractivity contribution in [1.29, 1.82) is 0 Å². The van der Waals surface area contributed by atoms with Crippen LogP contribution in [0.1, 0.15) is 38.7 Å². The third kappa shape index (κ3) is 4.12. The van der Waals surface area contributed by atoms with Crippen LogP contribution in [0, 0.1) is 0 Å². The second-order valence-electron chi connectivity index (χ2n) is 5.34. The Hall–Kier alpha value is -2.23. The highest BCUT2D eigenvalue weighted by Crippen LogP contribution is 2.25. The van der Waals surface area contributed by atoms with E-state index >= 15 is 0 Å². The molecule has 0 bridgehead atoms. The number of hydrogen-bond donors (Lipinski definition) is 2. The number of benzene rings is 1. The van der Waals surface area contributed by atoms with E-state index in [0.29, 0.717) is 24.1 Å². The van der Waals surface area contributed by atoms with Gasteiger partial charge in [-0.1, -0.05) is 32.9 Å². The maximum absolute atomic E-state index is 5.87. The monoisotopic (exact) mass is 285 g/mol. The van der Waals surface area contributed by atoms with E-state index in [1.807, 2.05) is 24.3 Å². The van der Waals surface area contributed by atoms with Crippen molar-refractivity contribution in [1.82, 2.24) is 4.98 Å². The molecule has 0 aliphatic carbocycles. The lowest BCUT2D eigenvalue weighted by atomic mass is 10.0. The number of nitrogens with one attached hydrogen (secondary N) is 1. The average Bonchev–Trinajstić information content (AvgIpc) is 2.48. The van der Waals surface area contributed by atoms with Crippen LogP contribution < -0.4 is 15.8 Å². The predicted molar refractivity (Wildman–Crippen MR) is 88.2 cm³/mol. The molecule has 4 heteroatoms. The number of rotatable bonds is 6. The molecule has 0 saturated heterocycles. The van der Waals surface area contributed by atoms with E-state index in [-0.39, 0.29) is 0 Å². The van der Waals surface area contributed by atoms with Crippen molar-refractivity contribution >= 4 is 17.2 Å². The summed E-state index contributed by atoms with van der Waals surface area (Å²) in [6.07, 6.45) is 0.926. The minimum absolute atomic E-state index is 0.488. The van der Waals surface area contributed by atoms with Gasteiger partial charge in [-0.3, -0.25) is 0 Å². The van der Waals surface area contributed by atoms with Crippen molar-refractivity contribution in [3.05, 3.63) is 42.0 Å². The van der Waals surface area contributed by atoms with E-state index < -0.39 is 0 Å². The molecule has 0 aliphatic rings. The van der Waals surface area contributed by atoms with E-state index in [1.54, 1.807) is 0 Å². The predicted octanol–water partition coefficient (Wildman–Crippen LogP) is 4.32. The molecule has 0 unspecified atom stereocenters. The van der Waals surface area contributed by atoms with Crippen LogP contribution in [-0.4, -0.2) is 11.6 Å². The minimum atomic E-state index is 0.488. The average molecular weight is 285 g/mol. The fourth-order valence-corrected chi connectivity index (χ4v) is 1.96. The van der Waals surface area contributed by atoms with Crippen molar-refractivity contribution in [2.75, 3.05) is 17.7 Å². The van der Waals surface area contributed by atoms with Crippen LogP contribution in [0.5, 0.6) is 5.88 Å². The molecule has 0 radical (unpaired) electrons. The van der Waals surface area contributed by atoms with Crippen molar-refractivity contribution in [2.24, 2.45) is 0 Å². The molecule has 0 fully saturated rings. The van der Waals surface area contributed by atoms with E-state index in [0.717, 1.165) is 17.9 Å². The van der Waals surface area contributed by atoms with E-state index in [4.69, 9.17) is 10.5 Å². The van der Waals surface area contributed by atoms with Gasteiger partial charge in [-0.2, -0.15) is 4.98 Å². The van der Waals surface area contributed by atoms with Crippen LogP contribution in [0.4, 0.5) is 17.2 Å². The van der Waals surface area contributed by atoms with Gasteiger partial charge in [-0.15, -0.1) is 0 Å². The second-order valence-corrected chi connectivity index (χ2v) is 5.34. The smallest absolute Gasteiger partial charge is 0.239 e.